The zero-order valence-corrected chi connectivity index (χ0v) is 11.6. The van der Waals surface area contributed by atoms with E-state index in [9.17, 15) is 0 Å². The molecule has 17 heavy (non-hydrogen) atoms. The predicted octanol–water partition coefficient (Wildman–Crippen LogP) is 2.00. The topological polar surface area (TPSA) is 37.4 Å². The van der Waals surface area contributed by atoms with Crippen LogP contribution in [0.1, 0.15) is 12.8 Å². The lowest BCUT2D eigenvalue weighted by molar-refractivity contribution is 0.204. The van der Waals surface area contributed by atoms with Gasteiger partial charge in [-0.1, -0.05) is 11.6 Å². The number of anilines is 1. The molecule has 0 aromatic carbocycles. The van der Waals surface area contributed by atoms with Crippen molar-refractivity contribution in [3.63, 3.8) is 0 Å². The van der Waals surface area contributed by atoms with E-state index in [1.807, 2.05) is 5.38 Å². The van der Waals surface area contributed by atoms with Gasteiger partial charge in [0, 0.05) is 31.6 Å². The van der Waals surface area contributed by atoms with E-state index in [2.05, 4.69) is 15.2 Å². The lowest BCUT2D eigenvalue weighted by Gasteiger charge is -2.24. The van der Waals surface area contributed by atoms with Crippen LogP contribution in [0.2, 0.25) is 5.15 Å². The van der Waals surface area contributed by atoms with Gasteiger partial charge in [-0.25, -0.2) is 4.98 Å². The molecule has 0 amide bonds. The summed E-state index contributed by atoms with van der Waals surface area (Å²) >= 11 is 7.47. The van der Waals surface area contributed by atoms with Gasteiger partial charge in [0.15, 0.2) is 5.13 Å². The van der Waals surface area contributed by atoms with E-state index in [0.717, 1.165) is 24.8 Å². The number of hydrogen-bond donors (Lipinski definition) is 1. The first kappa shape index (κ1) is 13.1. The van der Waals surface area contributed by atoms with E-state index in [1.54, 1.807) is 18.4 Å². The van der Waals surface area contributed by atoms with E-state index >= 15 is 0 Å². The average Bonchev–Trinajstić information content (AvgIpc) is 2.95. The van der Waals surface area contributed by atoms with Crippen molar-refractivity contribution < 1.29 is 4.74 Å². The number of nitrogens with zero attached hydrogens (tertiary/aromatic N) is 2. The van der Waals surface area contributed by atoms with Gasteiger partial charge in [-0.05, 0) is 19.4 Å². The van der Waals surface area contributed by atoms with Crippen LogP contribution >= 0.6 is 22.9 Å². The summed E-state index contributed by atoms with van der Waals surface area (Å²) in [4.78, 5) is 6.59. The highest BCUT2D eigenvalue weighted by Crippen LogP contribution is 2.24. The van der Waals surface area contributed by atoms with Crippen molar-refractivity contribution in [1.82, 2.24) is 10.3 Å². The van der Waals surface area contributed by atoms with E-state index in [-0.39, 0.29) is 0 Å². The summed E-state index contributed by atoms with van der Waals surface area (Å²) in [6.07, 6.45) is 2.50. The van der Waals surface area contributed by atoms with Gasteiger partial charge in [-0.15, -0.1) is 11.3 Å². The molecule has 1 atom stereocenters. The van der Waals surface area contributed by atoms with Crippen molar-refractivity contribution in [3.8, 4) is 0 Å². The molecule has 4 nitrogen and oxygen atoms in total. The van der Waals surface area contributed by atoms with Crippen molar-refractivity contribution in [1.29, 1.82) is 0 Å². The second-order valence-corrected chi connectivity index (χ2v) is 5.41. The third kappa shape index (κ3) is 3.81. The molecule has 1 saturated heterocycles. The van der Waals surface area contributed by atoms with E-state index in [4.69, 9.17) is 16.3 Å². The molecule has 6 heteroatoms. The summed E-state index contributed by atoms with van der Waals surface area (Å²) < 4.78 is 5.15. The Kier molecular flexibility index (Phi) is 5.03. The maximum atomic E-state index is 5.88. The monoisotopic (exact) mass is 275 g/mol. The van der Waals surface area contributed by atoms with Crippen LogP contribution in [0.4, 0.5) is 5.13 Å². The SMILES string of the molecule is COCCN(CC1CCCN1)c1nc(Cl)cs1. The average molecular weight is 276 g/mol. The molecule has 1 unspecified atom stereocenters. The van der Waals surface area contributed by atoms with Gasteiger partial charge in [-0.3, -0.25) is 0 Å². The number of aromatic nitrogens is 1. The molecule has 0 radical (unpaired) electrons. The third-order valence-corrected chi connectivity index (χ3v) is 4.13. The minimum Gasteiger partial charge on any atom is -0.383 e. The Hall–Kier alpha value is -0.360. The summed E-state index contributed by atoms with van der Waals surface area (Å²) in [6.45, 7) is 3.68. The second-order valence-electron chi connectivity index (χ2n) is 4.18. The second kappa shape index (κ2) is 6.54. The number of hydrogen-bond acceptors (Lipinski definition) is 5. The standard InChI is InChI=1S/C11H18ClN3OS/c1-16-6-5-15(7-9-3-2-4-13-9)11-14-10(12)8-17-11/h8-9,13H,2-7H2,1H3. The normalized spacial score (nSPS) is 19.8. The van der Waals surface area contributed by atoms with Crippen LogP contribution in [0.25, 0.3) is 0 Å². The van der Waals surface area contributed by atoms with Crippen molar-refractivity contribution in [3.05, 3.63) is 10.5 Å². The first-order valence-corrected chi connectivity index (χ1v) is 7.13. The first-order valence-electron chi connectivity index (χ1n) is 5.88. The Bertz CT molecular complexity index is 341. The molecule has 1 aromatic heterocycles. The molecule has 2 rings (SSSR count). The molecule has 0 bridgehead atoms. The number of ether oxygens (including phenoxy) is 1. The molecule has 1 aliphatic rings. The number of methoxy groups -OCH3 is 1. The van der Waals surface area contributed by atoms with Gasteiger partial charge in [-0.2, -0.15) is 0 Å². The van der Waals surface area contributed by atoms with Crippen molar-refractivity contribution in [2.75, 3.05) is 38.3 Å². The highest BCUT2D eigenvalue weighted by molar-refractivity contribution is 7.14. The van der Waals surface area contributed by atoms with E-state index in [0.29, 0.717) is 17.8 Å². The van der Waals surface area contributed by atoms with Gasteiger partial charge in [0.05, 0.1) is 6.61 Å². The fourth-order valence-corrected chi connectivity index (χ4v) is 3.02. The van der Waals surface area contributed by atoms with Crippen molar-refractivity contribution in [2.45, 2.75) is 18.9 Å². The zero-order valence-electron chi connectivity index (χ0n) is 9.99. The van der Waals surface area contributed by atoms with Crippen LogP contribution < -0.4 is 10.2 Å². The van der Waals surface area contributed by atoms with E-state index < -0.39 is 0 Å². The number of thiazole rings is 1. The lowest BCUT2D eigenvalue weighted by Crippen LogP contribution is -2.39. The molecule has 96 valence electrons. The molecule has 2 heterocycles. The number of nitrogens with one attached hydrogen (secondary N) is 1. The van der Waals surface area contributed by atoms with Crippen molar-refractivity contribution in [2.24, 2.45) is 0 Å². The Morgan fingerprint density at radius 3 is 3.18 bits per heavy atom. The molecule has 0 saturated carbocycles. The number of halogens is 1. The maximum Gasteiger partial charge on any atom is 0.186 e. The minimum absolute atomic E-state index is 0.564. The lowest BCUT2D eigenvalue weighted by atomic mass is 10.2. The van der Waals surface area contributed by atoms with Gasteiger partial charge < -0.3 is 15.0 Å². The Morgan fingerprint density at radius 2 is 2.59 bits per heavy atom. The molecule has 0 spiro atoms. The largest absolute Gasteiger partial charge is 0.383 e. The highest BCUT2D eigenvalue weighted by atomic mass is 35.5. The Labute approximate surface area is 111 Å². The van der Waals surface area contributed by atoms with Crippen LogP contribution in [0.5, 0.6) is 0 Å². The zero-order chi connectivity index (χ0) is 12.1. The van der Waals surface area contributed by atoms with Gasteiger partial charge in [0.25, 0.3) is 0 Å². The van der Waals surface area contributed by atoms with Gasteiger partial charge in [0.2, 0.25) is 0 Å². The Morgan fingerprint density at radius 1 is 1.71 bits per heavy atom. The first-order chi connectivity index (χ1) is 8.29. The molecular formula is C11H18ClN3OS. The van der Waals surface area contributed by atoms with Crippen LogP contribution in [0.15, 0.2) is 5.38 Å². The summed E-state index contributed by atoms with van der Waals surface area (Å²) in [7, 11) is 1.72. The summed E-state index contributed by atoms with van der Waals surface area (Å²) in [5, 5.41) is 6.94. The minimum atomic E-state index is 0.564. The molecule has 1 aliphatic heterocycles. The smallest absolute Gasteiger partial charge is 0.186 e. The molecule has 1 aromatic rings. The molecule has 0 aliphatic carbocycles. The van der Waals surface area contributed by atoms with Crippen LogP contribution in [-0.4, -0.2) is 44.4 Å². The quantitative estimate of drug-likeness (QED) is 0.862. The summed E-state index contributed by atoms with van der Waals surface area (Å²) in [5.74, 6) is 0. The third-order valence-electron chi connectivity index (χ3n) is 2.90. The van der Waals surface area contributed by atoms with Crippen LogP contribution in [-0.2, 0) is 4.74 Å². The van der Waals surface area contributed by atoms with Gasteiger partial charge >= 0.3 is 0 Å². The predicted molar refractivity (Wildman–Crippen MR) is 72.2 cm³/mol. The van der Waals surface area contributed by atoms with Gasteiger partial charge in [0.1, 0.15) is 5.15 Å². The maximum absolute atomic E-state index is 5.88. The summed E-state index contributed by atoms with van der Waals surface area (Å²) in [5.41, 5.74) is 0. The molecule has 1 fully saturated rings. The Balaban J connectivity index is 1.96. The van der Waals surface area contributed by atoms with E-state index in [1.165, 1.54) is 12.8 Å². The molecule has 1 N–H and O–H groups in total. The highest BCUT2D eigenvalue weighted by Gasteiger charge is 2.19. The number of rotatable bonds is 6. The fourth-order valence-electron chi connectivity index (χ4n) is 2.04. The van der Waals surface area contributed by atoms with Crippen molar-refractivity contribution >= 4 is 28.1 Å². The van der Waals surface area contributed by atoms with Crippen LogP contribution in [0.3, 0.4) is 0 Å². The van der Waals surface area contributed by atoms with Crippen LogP contribution in [0, 0.1) is 0 Å². The molecular weight excluding hydrogens is 258 g/mol. The fraction of sp³-hybridized carbons (Fsp3) is 0.727. The summed E-state index contributed by atoms with van der Waals surface area (Å²) in [6, 6.07) is 0.564.